The van der Waals surface area contributed by atoms with Gasteiger partial charge in [-0.15, -0.1) is 0 Å². The van der Waals surface area contributed by atoms with E-state index >= 15 is 0 Å². The van der Waals surface area contributed by atoms with Crippen LogP contribution in [-0.2, 0) is 20.9 Å². The van der Waals surface area contributed by atoms with Crippen molar-refractivity contribution >= 4 is 41.1 Å². The number of rotatable bonds is 6. The van der Waals surface area contributed by atoms with Crippen LogP contribution in [0, 0.1) is 17.0 Å². The number of ether oxygens (including phenoxy) is 1. The first-order chi connectivity index (χ1) is 13.9. The van der Waals surface area contributed by atoms with E-state index in [-0.39, 0.29) is 29.3 Å². The zero-order chi connectivity index (χ0) is 20.5. The third kappa shape index (κ3) is 4.01. The van der Waals surface area contributed by atoms with Crippen LogP contribution in [0.1, 0.15) is 17.5 Å². The van der Waals surface area contributed by atoms with Gasteiger partial charge in [-0.3, -0.25) is 19.8 Å². The molecule has 0 aromatic heterocycles. The van der Waals surface area contributed by atoms with Gasteiger partial charge in [0.15, 0.2) is 5.70 Å². The fourth-order valence-electron chi connectivity index (χ4n) is 2.93. The molecule has 0 aliphatic carbocycles. The number of fused-ring (bicyclic) bond motifs is 1. The minimum Gasteiger partial charge on any atom is -0.456 e. The minimum absolute atomic E-state index is 0.0271. The van der Waals surface area contributed by atoms with Crippen LogP contribution in [0.5, 0.6) is 0 Å². The van der Waals surface area contributed by atoms with Gasteiger partial charge in [0, 0.05) is 17.0 Å². The molecule has 7 nitrogen and oxygen atoms in total. The monoisotopic (exact) mass is 428 g/mol. The first-order valence-corrected chi connectivity index (χ1v) is 10.5. The average Bonchev–Trinajstić information content (AvgIpc) is 3.00. The number of nitro groups is 1. The van der Waals surface area contributed by atoms with Crippen LogP contribution in [0.4, 0.5) is 5.69 Å². The zero-order valence-corrected chi connectivity index (χ0v) is 17.0. The van der Waals surface area contributed by atoms with Crippen LogP contribution in [0.15, 0.2) is 63.4 Å². The lowest BCUT2D eigenvalue weighted by Gasteiger charge is -2.34. The van der Waals surface area contributed by atoms with Crippen molar-refractivity contribution in [1.82, 2.24) is 4.90 Å². The van der Waals surface area contributed by atoms with E-state index in [1.807, 2.05) is 31.2 Å². The highest BCUT2D eigenvalue weighted by Crippen LogP contribution is 2.52. The summed E-state index contributed by atoms with van der Waals surface area (Å²) in [6.45, 7) is 1.98. The quantitative estimate of drug-likeness (QED) is 0.295. The minimum atomic E-state index is -0.569. The molecule has 148 valence electrons. The summed E-state index contributed by atoms with van der Waals surface area (Å²) in [5.41, 5.74) is 2.03. The summed E-state index contributed by atoms with van der Waals surface area (Å²) in [4.78, 5) is 37.5. The van der Waals surface area contributed by atoms with Crippen LogP contribution in [-0.4, -0.2) is 27.1 Å². The van der Waals surface area contributed by atoms with E-state index in [0.717, 1.165) is 14.7 Å². The SMILES string of the molecule is Cc1ccc(SC2=C(C(=O)OCc3ccc([N+](=O)[O-])cc3)N3C(=O)CC3S2)cc1. The standard InChI is InChI=1S/C20H16N2O5S2/c1-12-2-8-15(9-3-12)28-20-18(21-16(23)10-17(21)29-20)19(24)27-11-13-4-6-14(7-5-13)22(25)26/h2-9,17H,10-11H2,1H3. The first kappa shape index (κ1) is 19.5. The molecule has 9 heteroatoms. The van der Waals surface area contributed by atoms with Crippen LogP contribution in [0.3, 0.4) is 0 Å². The molecule has 0 bridgehead atoms. The van der Waals surface area contributed by atoms with Gasteiger partial charge in [-0.25, -0.2) is 4.79 Å². The summed E-state index contributed by atoms with van der Waals surface area (Å²) < 4.78 is 6.16. The second-order valence-corrected chi connectivity index (χ2v) is 9.12. The fourth-order valence-corrected chi connectivity index (χ4v) is 5.60. The highest BCUT2D eigenvalue weighted by atomic mass is 32.2. The number of carbonyl (C=O) groups is 2. The highest BCUT2D eigenvalue weighted by Gasteiger charge is 2.49. The largest absolute Gasteiger partial charge is 0.456 e. The lowest BCUT2D eigenvalue weighted by Crippen LogP contribution is -2.48. The van der Waals surface area contributed by atoms with Crippen LogP contribution >= 0.6 is 23.5 Å². The van der Waals surface area contributed by atoms with Crippen molar-refractivity contribution in [2.45, 2.75) is 30.2 Å². The smallest absolute Gasteiger partial charge is 0.357 e. The Balaban J connectivity index is 1.50. The molecule has 2 aromatic rings. The molecule has 0 radical (unpaired) electrons. The van der Waals surface area contributed by atoms with E-state index in [1.54, 1.807) is 12.1 Å². The van der Waals surface area contributed by atoms with Gasteiger partial charge >= 0.3 is 5.97 Å². The number of hydrogen-bond donors (Lipinski definition) is 0. The predicted octanol–water partition coefficient (Wildman–Crippen LogP) is 4.21. The van der Waals surface area contributed by atoms with E-state index in [2.05, 4.69) is 0 Å². The number of non-ortho nitro benzene ring substituents is 1. The van der Waals surface area contributed by atoms with Crippen molar-refractivity contribution in [3.05, 3.63) is 79.7 Å². The molecule has 29 heavy (non-hydrogen) atoms. The maximum atomic E-state index is 12.8. The Hall–Kier alpha value is -2.78. The van der Waals surface area contributed by atoms with Crippen molar-refractivity contribution in [2.24, 2.45) is 0 Å². The molecule has 2 aliphatic heterocycles. The van der Waals surface area contributed by atoms with E-state index in [1.165, 1.54) is 40.6 Å². The van der Waals surface area contributed by atoms with Gasteiger partial charge in [0.2, 0.25) is 5.91 Å². The summed E-state index contributed by atoms with van der Waals surface area (Å²) in [6.07, 6.45) is 0.405. The Morgan fingerprint density at radius 1 is 1.24 bits per heavy atom. The van der Waals surface area contributed by atoms with Gasteiger partial charge in [0.05, 0.1) is 21.0 Å². The summed E-state index contributed by atoms with van der Waals surface area (Å²) >= 11 is 2.94. The van der Waals surface area contributed by atoms with Crippen LogP contribution in [0.25, 0.3) is 0 Å². The Kier molecular flexibility index (Phi) is 5.33. The number of thioether (sulfide) groups is 2. The maximum absolute atomic E-state index is 12.8. The number of nitrogens with zero attached hydrogens (tertiary/aromatic N) is 2. The number of nitro benzene ring substituents is 1. The van der Waals surface area contributed by atoms with Gasteiger partial charge in [0.1, 0.15) is 6.61 Å². The lowest BCUT2D eigenvalue weighted by atomic mass is 10.2. The summed E-state index contributed by atoms with van der Waals surface area (Å²) in [6, 6.07) is 13.8. The molecule has 0 saturated carbocycles. The van der Waals surface area contributed by atoms with E-state index in [4.69, 9.17) is 4.74 Å². The summed E-state index contributed by atoms with van der Waals surface area (Å²) in [5, 5.41) is 10.7. The highest BCUT2D eigenvalue weighted by molar-refractivity contribution is 8.22. The topological polar surface area (TPSA) is 89.8 Å². The summed E-state index contributed by atoms with van der Waals surface area (Å²) in [5.74, 6) is -0.662. The molecule has 2 aliphatic rings. The van der Waals surface area contributed by atoms with Gasteiger partial charge in [-0.1, -0.05) is 41.2 Å². The predicted molar refractivity (Wildman–Crippen MR) is 110 cm³/mol. The fraction of sp³-hybridized carbons (Fsp3) is 0.200. The van der Waals surface area contributed by atoms with E-state index in [9.17, 15) is 19.7 Å². The molecule has 2 aromatic carbocycles. The van der Waals surface area contributed by atoms with Crippen molar-refractivity contribution in [3.63, 3.8) is 0 Å². The van der Waals surface area contributed by atoms with E-state index in [0.29, 0.717) is 12.0 Å². The van der Waals surface area contributed by atoms with Gasteiger partial charge < -0.3 is 4.74 Å². The first-order valence-electron chi connectivity index (χ1n) is 8.80. The van der Waals surface area contributed by atoms with Gasteiger partial charge in [-0.2, -0.15) is 0 Å². The molecule has 4 rings (SSSR count). The molecule has 1 unspecified atom stereocenters. The Bertz CT molecular complexity index is 1020. The normalized spacial score (nSPS) is 17.8. The molecule has 2 heterocycles. The molecule has 0 N–H and O–H groups in total. The van der Waals surface area contributed by atoms with Crippen molar-refractivity contribution in [1.29, 1.82) is 0 Å². The van der Waals surface area contributed by atoms with Crippen molar-refractivity contribution in [2.75, 3.05) is 0 Å². The average molecular weight is 428 g/mol. The molecular weight excluding hydrogens is 412 g/mol. The second-order valence-electron chi connectivity index (χ2n) is 6.59. The summed E-state index contributed by atoms with van der Waals surface area (Å²) in [7, 11) is 0. The Labute approximate surface area is 175 Å². The zero-order valence-electron chi connectivity index (χ0n) is 15.4. The third-order valence-electron chi connectivity index (χ3n) is 4.53. The van der Waals surface area contributed by atoms with Crippen molar-refractivity contribution < 1.29 is 19.2 Å². The molecule has 1 saturated heterocycles. The molecule has 1 fully saturated rings. The maximum Gasteiger partial charge on any atom is 0.357 e. The lowest BCUT2D eigenvalue weighted by molar-refractivity contribution is -0.384. The number of aryl methyl sites for hydroxylation is 1. The number of benzene rings is 2. The van der Waals surface area contributed by atoms with Gasteiger partial charge in [0.25, 0.3) is 5.69 Å². The Morgan fingerprint density at radius 2 is 1.93 bits per heavy atom. The molecular formula is C20H16N2O5S2. The number of esters is 1. The molecule has 0 spiro atoms. The number of amides is 1. The second kappa shape index (κ2) is 7.92. The number of hydrogen-bond acceptors (Lipinski definition) is 7. The third-order valence-corrected chi connectivity index (χ3v) is 7.01. The van der Waals surface area contributed by atoms with E-state index < -0.39 is 10.9 Å². The molecule has 1 atom stereocenters. The van der Waals surface area contributed by atoms with Crippen LogP contribution in [0.2, 0.25) is 0 Å². The Morgan fingerprint density at radius 3 is 2.55 bits per heavy atom. The van der Waals surface area contributed by atoms with Crippen molar-refractivity contribution in [3.8, 4) is 0 Å². The molecule has 1 amide bonds. The van der Waals surface area contributed by atoms with Gasteiger partial charge in [-0.05, 0) is 36.8 Å². The van der Waals surface area contributed by atoms with Crippen LogP contribution < -0.4 is 0 Å². The number of carbonyl (C=O) groups excluding carboxylic acids is 2. The number of β-lactam (4-membered cyclic amide) rings is 1.